The molecule has 1 aromatic heterocycles. The van der Waals surface area contributed by atoms with Crippen LogP contribution in [-0.4, -0.2) is 16.1 Å². The van der Waals surface area contributed by atoms with Crippen LogP contribution < -0.4 is 4.74 Å². The molecule has 1 heterocycles. The van der Waals surface area contributed by atoms with Crippen LogP contribution in [0.3, 0.4) is 0 Å². The van der Waals surface area contributed by atoms with Crippen LogP contribution >= 0.6 is 22.9 Å². The molecule has 6 heteroatoms. The molecule has 0 saturated heterocycles. The minimum atomic E-state index is -0.997. The summed E-state index contributed by atoms with van der Waals surface area (Å²) in [5.74, 6) is -0.340. The van der Waals surface area contributed by atoms with E-state index in [9.17, 15) is 9.90 Å². The summed E-state index contributed by atoms with van der Waals surface area (Å²) in [4.78, 5) is 16.3. The highest BCUT2D eigenvalue weighted by Gasteiger charge is 2.11. The lowest BCUT2D eigenvalue weighted by Gasteiger charge is -2.07. The first-order valence-corrected chi connectivity index (χ1v) is 10.1. The molecule has 0 bridgehead atoms. The van der Waals surface area contributed by atoms with Gasteiger partial charge in [-0.25, -0.2) is 9.78 Å². The topological polar surface area (TPSA) is 59.4 Å². The molecule has 0 radical (unpaired) electrons. The smallest absolute Gasteiger partial charge is 0.336 e. The molecular formula is C23H16ClNO3S. The standard InChI is InChI=1S/C23H16ClNO3S/c24-17-9-5-15(6-10-17)13-19(23(26)27)16-7-11-18(12-8-16)28-14-22-25-20-3-1-2-4-21(20)29-22/h1-13H,14H2,(H,26,27)/b19-13+. The van der Waals surface area contributed by atoms with Crippen molar-refractivity contribution in [1.82, 2.24) is 4.98 Å². The highest BCUT2D eigenvalue weighted by Crippen LogP contribution is 2.25. The zero-order chi connectivity index (χ0) is 20.2. The number of benzene rings is 3. The highest BCUT2D eigenvalue weighted by molar-refractivity contribution is 7.18. The Bertz CT molecular complexity index is 1150. The molecule has 0 unspecified atom stereocenters. The van der Waals surface area contributed by atoms with Crippen molar-refractivity contribution in [3.63, 3.8) is 0 Å². The van der Waals surface area contributed by atoms with Crippen molar-refractivity contribution in [2.75, 3.05) is 0 Å². The van der Waals surface area contributed by atoms with E-state index >= 15 is 0 Å². The summed E-state index contributed by atoms with van der Waals surface area (Å²) in [6.07, 6.45) is 1.62. The van der Waals surface area contributed by atoms with Crippen LogP contribution in [0.1, 0.15) is 16.1 Å². The molecule has 1 N–H and O–H groups in total. The summed E-state index contributed by atoms with van der Waals surface area (Å²) in [5, 5.41) is 11.1. The van der Waals surface area contributed by atoms with Gasteiger partial charge in [-0.15, -0.1) is 11.3 Å². The Hall–Kier alpha value is -3.15. The number of carbonyl (C=O) groups is 1. The lowest BCUT2D eigenvalue weighted by molar-refractivity contribution is -0.130. The van der Waals surface area contributed by atoms with Gasteiger partial charge in [0.2, 0.25) is 0 Å². The van der Waals surface area contributed by atoms with Crippen molar-refractivity contribution in [3.05, 3.63) is 94.0 Å². The third-order valence-electron chi connectivity index (χ3n) is 4.28. The van der Waals surface area contributed by atoms with E-state index < -0.39 is 5.97 Å². The maximum absolute atomic E-state index is 11.7. The number of nitrogens with zero attached hydrogens (tertiary/aromatic N) is 1. The maximum Gasteiger partial charge on any atom is 0.336 e. The first-order valence-electron chi connectivity index (χ1n) is 8.87. The summed E-state index contributed by atoms with van der Waals surface area (Å²) in [6, 6.07) is 22.0. The van der Waals surface area contributed by atoms with E-state index in [2.05, 4.69) is 4.98 Å². The minimum Gasteiger partial charge on any atom is -0.486 e. The Morgan fingerprint density at radius 1 is 1.03 bits per heavy atom. The fourth-order valence-corrected chi connectivity index (χ4v) is 3.86. The van der Waals surface area contributed by atoms with Gasteiger partial charge in [0.05, 0.1) is 15.8 Å². The monoisotopic (exact) mass is 421 g/mol. The Kier molecular flexibility index (Phi) is 5.60. The third-order valence-corrected chi connectivity index (χ3v) is 5.54. The number of thiazole rings is 1. The van der Waals surface area contributed by atoms with Gasteiger partial charge in [-0.1, -0.05) is 48.0 Å². The molecule has 0 atom stereocenters. The number of rotatable bonds is 6. The second kappa shape index (κ2) is 8.47. The van der Waals surface area contributed by atoms with Gasteiger partial charge >= 0.3 is 5.97 Å². The van der Waals surface area contributed by atoms with Crippen molar-refractivity contribution >= 4 is 50.8 Å². The van der Waals surface area contributed by atoms with Crippen molar-refractivity contribution in [2.45, 2.75) is 6.61 Å². The van der Waals surface area contributed by atoms with Crippen LogP contribution in [0.15, 0.2) is 72.8 Å². The number of fused-ring (bicyclic) bond motifs is 1. The van der Waals surface area contributed by atoms with Gasteiger partial charge in [0.1, 0.15) is 17.4 Å². The molecule has 0 amide bonds. The number of aromatic nitrogens is 1. The number of halogens is 1. The molecule has 4 nitrogen and oxygen atoms in total. The number of hydrogen-bond donors (Lipinski definition) is 1. The molecule has 3 aromatic carbocycles. The van der Waals surface area contributed by atoms with Crippen molar-refractivity contribution in [2.24, 2.45) is 0 Å². The molecule has 0 saturated carbocycles. The molecule has 0 aliphatic rings. The van der Waals surface area contributed by atoms with Gasteiger partial charge in [0.25, 0.3) is 0 Å². The fraction of sp³-hybridized carbons (Fsp3) is 0.0435. The van der Waals surface area contributed by atoms with E-state index in [1.807, 2.05) is 24.3 Å². The first-order chi connectivity index (χ1) is 14.1. The van der Waals surface area contributed by atoms with E-state index in [-0.39, 0.29) is 5.57 Å². The second-order valence-electron chi connectivity index (χ2n) is 6.30. The lowest BCUT2D eigenvalue weighted by atomic mass is 10.0. The van der Waals surface area contributed by atoms with E-state index in [1.54, 1.807) is 65.9 Å². The normalized spacial score (nSPS) is 11.6. The Labute approximate surface area is 176 Å². The summed E-state index contributed by atoms with van der Waals surface area (Å²) in [7, 11) is 0. The highest BCUT2D eigenvalue weighted by atomic mass is 35.5. The third kappa shape index (κ3) is 4.65. The summed E-state index contributed by atoms with van der Waals surface area (Å²) < 4.78 is 6.94. The van der Waals surface area contributed by atoms with Crippen LogP contribution in [0.2, 0.25) is 5.02 Å². The van der Waals surface area contributed by atoms with Gasteiger partial charge in [0, 0.05) is 5.02 Å². The number of hydrogen-bond acceptors (Lipinski definition) is 4. The maximum atomic E-state index is 11.7. The molecule has 0 aliphatic heterocycles. The Morgan fingerprint density at radius 3 is 2.45 bits per heavy atom. The molecule has 0 aliphatic carbocycles. The zero-order valence-corrected chi connectivity index (χ0v) is 16.8. The summed E-state index contributed by atoms with van der Waals surface area (Å²) in [6.45, 7) is 0.366. The van der Waals surface area contributed by atoms with Gasteiger partial charge in [0.15, 0.2) is 0 Å². The molecule has 29 heavy (non-hydrogen) atoms. The van der Waals surface area contributed by atoms with Gasteiger partial charge in [-0.05, 0) is 53.6 Å². The number of ether oxygens (including phenoxy) is 1. The second-order valence-corrected chi connectivity index (χ2v) is 7.85. The van der Waals surface area contributed by atoms with Crippen LogP contribution in [-0.2, 0) is 11.4 Å². The number of para-hydroxylation sites is 1. The lowest BCUT2D eigenvalue weighted by Crippen LogP contribution is -2.00. The quantitative estimate of drug-likeness (QED) is 0.299. The van der Waals surface area contributed by atoms with Crippen LogP contribution in [0.4, 0.5) is 0 Å². The first kappa shape index (κ1) is 19.2. The number of carboxylic acids is 1. The van der Waals surface area contributed by atoms with E-state index in [4.69, 9.17) is 16.3 Å². The molecule has 144 valence electrons. The van der Waals surface area contributed by atoms with Gasteiger partial charge in [-0.2, -0.15) is 0 Å². The minimum absolute atomic E-state index is 0.199. The Balaban J connectivity index is 1.49. The molecule has 4 rings (SSSR count). The van der Waals surface area contributed by atoms with Crippen LogP contribution in [0.5, 0.6) is 5.75 Å². The zero-order valence-electron chi connectivity index (χ0n) is 15.2. The van der Waals surface area contributed by atoms with Gasteiger partial charge in [-0.3, -0.25) is 0 Å². The van der Waals surface area contributed by atoms with Crippen LogP contribution in [0, 0.1) is 0 Å². The van der Waals surface area contributed by atoms with E-state index in [0.717, 1.165) is 20.8 Å². The predicted molar refractivity (Wildman–Crippen MR) is 117 cm³/mol. The average molecular weight is 422 g/mol. The molecule has 4 aromatic rings. The summed E-state index contributed by atoms with van der Waals surface area (Å²) in [5.41, 5.74) is 2.53. The van der Waals surface area contributed by atoms with Crippen LogP contribution in [0.25, 0.3) is 21.9 Å². The fourth-order valence-electron chi connectivity index (χ4n) is 2.85. The summed E-state index contributed by atoms with van der Waals surface area (Å²) >= 11 is 7.49. The molecule has 0 spiro atoms. The number of carboxylic acid groups (broad SMARTS) is 1. The van der Waals surface area contributed by atoms with E-state index in [0.29, 0.717) is 22.9 Å². The van der Waals surface area contributed by atoms with Crippen molar-refractivity contribution < 1.29 is 14.6 Å². The van der Waals surface area contributed by atoms with Gasteiger partial charge < -0.3 is 9.84 Å². The van der Waals surface area contributed by atoms with E-state index in [1.165, 1.54) is 0 Å². The molecule has 0 fully saturated rings. The predicted octanol–water partition coefficient (Wildman–Crippen LogP) is 6.15. The SMILES string of the molecule is O=C(O)/C(=C/c1ccc(Cl)cc1)c1ccc(OCc2nc3ccccc3s2)cc1. The van der Waals surface area contributed by atoms with Crippen molar-refractivity contribution in [1.29, 1.82) is 0 Å². The Morgan fingerprint density at radius 2 is 1.76 bits per heavy atom. The number of aliphatic carboxylic acids is 1. The largest absolute Gasteiger partial charge is 0.486 e. The molecular weight excluding hydrogens is 406 g/mol. The average Bonchev–Trinajstić information content (AvgIpc) is 3.15. The van der Waals surface area contributed by atoms with Crippen molar-refractivity contribution in [3.8, 4) is 5.75 Å².